The molecule has 0 aliphatic heterocycles. The van der Waals surface area contributed by atoms with E-state index in [9.17, 15) is 4.79 Å². The highest BCUT2D eigenvalue weighted by Crippen LogP contribution is 2.17. The molecule has 0 saturated carbocycles. The van der Waals surface area contributed by atoms with Crippen molar-refractivity contribution in [3.8, 4) is 0 Å². The first-order valence-corrected chi connectivity index (χ1v) is 5.99. The van der Waals surface area contributed by atoms with Crippen molar-refractivity contribution in [2.45, 2.75) is 12.8 Å². The summed E-state index contributed by atoms with van der Waals surface area (Å²) in [5.41, 5.74) is 1.49. The summed E-state index contributed by atoms with van der Waals surface area (Å²) >= 11 is 11.5. The maximum absolute atomic E-state index is 11.7. The van der Waals surface area contributed by atoms with E-state index in [2.05, 4.69) is 4.98 Å². The van der Waals surface area contributed by atoms with Crippen LogP contribution in [0.1, 0.15) is 12.0 Å². The van der Waals surface area contributed by atoms with Gasteiger partial charge in [0.15, 0.2) is 0 Å². The number of pyridine rings is 1. The number of nitrogens with one attached hydrogen (secondary N) is 1. The molecule has 0 aliphatic carbocycles. The second kappa shape index (κ2) is 4.89. The maximum atomic E-state index is 11.7. The van der Waals surface area contributed by atoms with E-state index in [1.54, 1.807) is 6.07 Å². The zero-order valence-electron chi connectivity index (χ0n) is 8.59. The molecule has 84 valence electrons. The number of aryl methyl sites for hydroxylation is 1. The van der Waals surface area contributed by atoms with Gasteiger partial charge in [0, 0.05) is 22.0 Å². The van der Waals surface area contributed by atoms with Gasteiger partial charge in [-0.3, -0.25) is 4.79 Å². The number of alkyl halides is 1. The van der Waals surface area contributed by atoms with Crippen LogP contribution in [0.5, 0.6) is 0 Å². The third kappa shape index (κ3) is 2.39. The van der Waals surface area contributed by atoms with E-state index < -0.39 is 0 Å². The molecule has 0 fully saturated rings. The minimum atomic E-state index is -0.0557. The highest BCUT2D eigenvalue weighted by molar-refractivity contribution is 6.31. The summed E-state index contributed by atoms with van der Waals surface area (Å²) in [6, 6.07) is 7.37. The van der Waals surface area contributed by atoms with E-state index in [0.717, 1.165) is 22.9 Å². The average molecular weight is 256 g/mol. The summed E-state index contributed by atoms with van der Waals surface area (Å²) in [6.07, 6.45) is 1.52. The molecule has 2 nitrogen and oxygen atoms in total. The van der Waals surface area contributed by atoms with Gasteiger partial charge < -0.3 is 4.98 Å². The van der Waals surface area contributed by atoms with Gasteiger partial charge in [-0.05, 0) is 36.4 Å². The molecule has 0 atom stereocenters. The summed E-state index contributed by atoms with van der Waals surface area (Å²) in [5.74, 6) is 0.568. The number of aromatic nitrogens is 1. The number of hydrogen-bond donors (Lipinski definition) is 1. The first-order chi connectivity index (χ1) is 7.70. The number of rotatable bonds is 3. The molecule has 2 aromatic rings. The Morgan fingerprint density at radius 3 is 2.81 bits per heavy atom. The third-order valence-electron chi connectivity index (χ3n) is 2.46. The quantitative estimate of drug-likeness (QED) is 0.839. The minimum Gasteiger partial charge on any atom is -0.322 e. The van der Waals surface area contributed by atoms with Gasteiger partial charge in [-0.2, -0.15) is 0 Å². The second-order valence-electron chi connectivity index (χ2n) is 3.65. The fraction of sp³-hybridized carbons (Fsp3) is 0.250. The van der Waals surface area contributed by atoms with Crippen molar-refractivity contribution < 1.29 is 0 Å². The molecule has 1 aromatic heterocycles. The Morgan fingerprint density at radius 1 is 1.25 bits per heavy atom. The number of hydrogen-bond acceptors (Lipinski definition) is 1. The maximum Gasteiger partial charge on any atom is 0.251 e. The van der Waals surface area contributed by atoms with E-state index in [1.165, 1.54) is 0 Å². The fourth-order valence-electron chi connectivity index (χ4n) is 1.66. The fourth-order valence-corrected chi connectivity index (χ4v) is 1.97. The Bertz CT molecular complexity index is 562. The van der Waals surface area contributed by atoms with Crippen LogP contribution in [0.4, 0.5) is 0 Å². The molecule has 1 aromatic carbocycles. The Morgan fingerprint density at radius 2 is 2.06 bits per heavy atom. The van der Waals surface area contributed by atoms with Crippen molar-refractivity contribution in [3.63, 3.8) is 0 Å². The SMILES string of the molecule is O=c1[nH]c2cc(Cl)ccc2cc1CCCCl. The second-order valence-corrected chi connectivity index (χ2v) is 4.46. The van der Waals surface area contributed by atoms with Gasteiger partial charge in [0.25, 0.3) is 5.56 Å². The lowest BCUT2D eigenvalue weighted by atomic mass is 10.1. The Hall–Kier alpha value is -0.990. The Kier molecular flexibility index (Phi) is 3.52. The molecule has 0 saturated heterocycles. The molecule has 1 N–H and O–H groups in total. The van der Waals surface area contributed by atoms with E-state index in [0.29, 0.717) is 17.3 Å². The predicted molar refractivity (Wildman–Crippen MR) is 68.6 cm³/mol. The smallest absolute Gasteiger partial charge is 0.251 e. The number of H-pyrrole nitrogens is 1. The molecular formula is C12H11Cl2NO. The number of fused-ring (bicyclic) bond motifs is 1. The molecular weight excluding hydrogens is 245 g/mol. The zero-order chi connectivity index (χ0) is 11.5. The Labute approximate surface area is 103 Å². The van der Waals surface area contributed by atoms with E-state index in [4.69, 9.17) is 23.2 Å². The summed E-state index contributed by atoms with van der Waals surface area (Å²) in [5, 5.41) is 1.62. The van der Waals surface area contributed by atoms with Crippen LogP contribution in [0.25, 0.3) is 10.9 Å². The highest BCUT2D eigenvalue weighted by atomic mass is 35.5. The van der Waals surface area contributed by atoms with Gasteiger partial charge in [-0.1, -0.05) is 17.7 Å². The average Bonchev–Trinajstić information content (AvgIpc) is 2.26. The highest BCUT2D eigenvalue weighted by Gasteiger charge is 2.03. The summed E-state index contributed by atoms with van der Waals surface area (Å²) < 4.78 is 0. The first kappa shape index (κ1) is 11.5. The van der Waals surface area contributed by atoms with Crippen LogP contribution in [0, 0.1) is 0 Å². The van der Waals surface area contributed by atoms with Gasteiger partial charge in [-0.15, -0.1) is 11.6 Å². The summed E-state index contributed by atoms with van der Waals surface area (Å²) in [4.78, 5) is 14.5. The van der Waals surface area contributed by atoms with Gasteiger partial charge in [0.1, 0.15) is 0 Å². The lowest BCUT2D eigenvalue weighted by Crippen LogP contribution is -2.12. The molecule has 2 rings (SSSR count). The molecule has 0 aliphatic rings. The summed E-state index contributed by atoms with van der Waals surface area (Å²) in [6.45, 7) is 0. The zero-order valence-corrected chi connectivity index (χ0v) is 10.1. The number of aromatic amines is 1. The molecule has 1 heterocycles. The molecule has 0 amide bonds. The normalized spacial score (nSPS) is 10.9. The van der Waals surface area contributed by atoms with Crippen LogP contribution in [0.3, 0.4) is 0 Å². The van der Waals surface area contributed by atoms with Crippen LogP contribution < -0.4 is 5.56 Å². The molecule has 0 radical (unpaired) electrons. The van der Waals surface area contributed by atoms with E-state index in [-0.39, 0.29) is 5.56 Å². The largest absolute Gasteiger partial charge is 0.322 e. The molecule has 16 heavy (non-hydrogen) atoms. The van der Waals surface area contributed by atoms with Crippen molar-refractivity contribution in [1.29, 1.82) is 0 Å². The van der Waals surface area contributed by atoms with Crippen molar-refractivity contribution in [2.75, 3.05) is 5.88 Å². The lowest BCUT2D eigenvalue weighted by Gasteiger charge is -2.02. The van der Waals surface area contributed by atoms with Crippen LogP contribution >= 0.6 is 23.2 Å². The van der Waals surface area contributed by atoms with Crippen molar-refractivity contribution in [1.82, 2.24) is 4.98 Å². The van der Waals surface area contributed by atoms with Gasteiger partial charge in [0.05, 0.1) is 0 Å². The van der Waals surface area contributed by atoms with E-state index >= 15 is 0 Å². The van der Waals surface area contributed by atoms with Crippen LogP contribution in [0.2, 0.25) is 5.02 Å². The predicted octanol–water partition coefficient (Wildman–Crippen LogP) is 3.35. The number of halogens is 2. The number of benzene rings is 1. The van der Waals surface area contributed by atoms with Crippen molar-refractivity contribution in [3.05, 3.63) is 45.2 Å². The third-order valence-corrected chi connectivity index (χ3v) is 2.97. The standard InChI is InChI=1S/C12H11Cl2NO/c13-5-1-2-9-6-8-3-4-10(14)7-11(8)15-12(9)16/h3-4,6-7H,1-2,5H2,(H,15,16). The molecule has 0 spiro atoms. The topological polar surface area (TPSA) is 32.9 Å². The van der Waals surface area contributed by atoms with Gasteiger partial charge in [-0.25, -0.2) is 0 Å². The molecule has 4 heteroatoms. The minimum absolute atomic E-state index is 0.0557. The van der Waals surface area contributed by atoms with Crippen molar-refractivity contribution >= 4 is 34.1 Å². The van der Waals surface area contributed by atoms with Gasteiger partial charge in [0.2, 0.25) is 0 Å². The summed E-state index contributed by atoms with van der Waals surface area (Å²) in [7, 11) is 0. The Balaban J connectivity index is 2.50. The molecule has 0 bridgehead atoms. The van der Waals surface area contributed by atoms with Crippen molar-refractivity contribution in [2.24, 2.45) is 0 Å². The van der Waals surface area contributed by atoms with Crippen LogP contribution in [0.15, 0.2) is 29.1 Å². The molecule has 0 unspecified atom stereocenters. The lowest BCUT2D eigenvalue weighted by molar-refractivity contribution is 0.912. The van der Waals surface area contributed by atoms with E-state index in [1.807, 2.05) is 18.2 Å². The monoisotopic (exact) mass is 255 g/mol. The van der Waals surface area contributed by atoms with Gasteiger partial charge >= 0.3 is 0 Å². The van der Waals surface area contributed by atoms with Crippen LogP contribution in [-0.2, 0) is 6.42 Å². The first-order valence-electron chi connectivity index (χ1n) is 5.08. The van der Waals surface area contributed by atoms with Crippen LogP contribution in [-0.4, -0.2) is 10.9 Å².